The van der Waals surface area contributed by atoms with Crippen molar-refractivity contribution in [2.24, 2.45) is 0 Å². The number of carbonyl (C=O) groups excluding carboxylic acids is 5. The van der Waals surface area contributed by atoms with Crippen LogP contribution in [0.4, 0.5) is 0 Å². The first-order valence-electron chi connectivity index (χ1n) is 12.1. The van der Waals surface area contributed by atoms with Crippen LogP contribution in [0.3, 0.4) is 0 Å². The maximum atomic E-state index is 13.5. The Labute approximate surface area is 224 Å². The van der Waals surface area contributed by atoms with Crippen molar-refractivity contribution >= 4 is 29.5 Å². The van der Waals surface area contributed by atoms with Crippen LogP contribution in [-0.2, 0) is 38.1 Å². The van der Waals surface area contributed by atoms with Crippen LogP contribution >= 0.6 is 0 Å². The molecule has 39 heavy (non-hydrogen) atoms. The zero-order valence-corrected chi connectivity index (χ0v) is 22.1. The Bertz CT molecular complexity index is 1240. The summed E-state index contributed by atoms with van der Waals surface area (Å²) in [6, 6.07) is 2.19. The molecule has 1 aliphatic carbocycles. The average molecular weight is 547 g/mol. The summed E-state index contributed by atoms with van der Waals surface area (Å²) in [7, 11) is 0. The predicted octanol–water partition coefficient (Wildman–Crippen LogP) is 2.30. The lowest BCUT2D eigenvalue weighted by atomic mass is 9.85. The molecule has 0 amide bonds. The number of allylic oxidation sites excluding steroid dienone is 2. The summed E-state index contributed by atoms with van der Waals surface area (Å²) in [6.07, 6.45) is -3.42. The van der Waals surface area contributed by atoms with Crippen LogP contribution < -0.4 is 0 Å². The molecule has 1 aromatic carbocycles. The first kappa shape index (κ1) is 29.5. The second-order valence-corrected chi connectivity index (χ2v) is 9.28. The zero-order valence-electron chi connectivity index (χ0n) is 22.1. The van der Waals surface area contributed by atoms with E-state index >= 15 is 0 Å². The minimum atomic E-state index is -1.42. The number of Topliss-reactive ketones (excluding diaryl/α,β-unsaturated/α-hetero) is 1. The van der Waals surface area contributed by atoms with Crippen molar-refractivity contribution in [1.29, 1.82) is 0 Å². The summed E-state index contributed by atoms with van der Waals surface area (Å²) in [5, 5.41) is 20.5. The molecule has 3 rings (SSSR count). The summed E-state index contributed by atoms with van der Waals surface area (Å²) < 4.78 is 27.7. The van der Waals surface area contributed by atoms with Gasteiger partial charge < -0.3 is 33.9 Å². The van der Waals surface area contributed by atoms with E-state index in [2.05, 4.69) is 0 Å². The van der Waals surface area contributed by atoms with Crippen LogP contribution in [-0.4, -0.2) is 77.0 Å². The number of ketones is 2. The van der Waals surface area contributed by atoms with Crippen molar-refractivity contribution in [3.05, 3.63) is 46.6 Å². The molecule has 2 aliphatic rings. The molecule has 0 spiro atoms. The molecule has 12 nitrogen and oxygen atoms in total. The Hall–Kier alpha value is -4.03. The van der Waals surface area contributed by atoms with Gasteiger partial charge >= 0.3 is 17.9 Å². The first-order valence-corrected chi connectivity index (χ1v) is 12.1. The number of fused-ring (bicyclic) bond motifs is 1. The van der Waals surface area contributed by atoms with E-state index in [-0.39, 0.29) is 29.7 Å². The van der Waals surface area contributed by atoms with E-state index in [4.69, 9.17) is 23.7 Å². The van der Waals surface area contributed by atoms with Gasteiger partial charge in [0.15, 0.2) is 30.1 Å². The quantitative estimate of drug-likeness (QED) is 0.201. The Morgan fingerprint density at radius 3 is 2.08 bits per heavy atom. The molecule has 12 heteroatoms. The molecule has 1 saturated heterocycles. The number of esters is 3. The van der Waals surface area contributed by atoms with Crippen LogP contribution in [0.2, 0.25) is 0 Å². The van der Waals surface area contributed by atoms with Crippen molar-refractivity contribution in [2.75, 3.05) is 6.61 Å². The van der Waals surface area contributed by atoms with Gasteiger partial charge in [-0.15, -0.1) is 0 Å². The molecular weight excluding hydrogens is 516 g/mol. The van der Waals surface area contributed by atoms with Gasteiger partial charge in [0.25, 0.3) is 0 Å². The van der Waals surface area contributed by atoms with Gasteiger partial charge in [0, 0.05) is 26.3 Å². The Kier molecular flexibility index (Phi) is 9.25. The molecule has 0 radical (unpaired) electrons. The molecule has 1 heterocycles. The number of ether oxygens (including phenoxy) is 5. The fourth-order valence-electron chi connectivity index (χ4n) is 4.27. The summed E-state index contributed by atoms with van der Waals surface area (Å²) in [5.41, 5.74) is -0.00804. The topological polar surface area (TPSA) is 172 Å². The molecule has 0 unspecified atom stereocenters. The van der Waals surface area contributed by atoms with Crippen molar-refractivity contribution in [3.8, 4) is 11.5 Å². The van der Waals surface area contributed by atoms with Crippen LogP contribution in [0.15, 0.2) is 35.4 Å². The fourth-order valence-corrected chi connectivity index (χ4v) is 4.27. The van der Waals surface area contributed by atoms with E-state index in [1.165, 1.54) is 6.92 Å². The molecule has 1 fully saturated rings. The van der Waals surface area contributed by atoms with Crippen LogP contribution in [0.25, 0.3) is 0 Å². The number of rotatable bonds is 9. The van der Waals surface area contributed by atoms with Gasteiger partial charge in [-0.25, -0.2) is 0 Å². The molecular formula is C27H30O12. The third-order valence-corrected chi connectivity index (χ3v) is 5.89. The highest BCUT2D eigenvalue weighted by Gasteiger charge is 2.51. The Morgan fingerprint density at radius 1 is 0.923 bits per heavy atom. The number of phenols is 2. The highest BCUT2D eigenvalue weighted by Crippen LogP contribution is 2.38. The summed E-state index contributed by atoms with van der Waals surface area (Å²) in [4.78, 5) is 61.5. The summed E-state index contributed by atoms with van der Waals surface area (Å²) >= 11 is 0. The monoisotopic (exact) mass is 546 g/mol. The standard InChI is InChI=1S/C27H30O12/c1-12(2)6-9-20(16-10-19(33)22-17(31)7-8-18(32)23(22)24(16)34)38-27-26(37-15(5)30)25(36-14(4)29)21(39-27)11-35-13(3)28/h6-8,10,20-21,25-27,31-32H,9,11H2,1-5H3/t20-,21+,25+,26-,27+/m1/s1. The molecule has 0 bridgehead atoms. The molecule has 0 aromatic heterocycles. The number of benzene rings is 1. The molecule has 210 valence electrons. The SMILES string of the molecule is CC(=O)OC[C@@H]1O[C@H](O[C@H](CC=C(C)C)C2=CC(=O)c3c(O)ccc(O)c3C2=O)[C@H](OC(C)=O)[C@H]1OC(C)=O. The van der Waals surface area contributed by atoms with E-state index in [9.17, 15) is 34.2 Å². The normalized spacial score (nSPS) is 22.8. The van der Waals surface area contributed by atoms with E-state index in [1.54, 1.807) is 19.9 Å². The van der Waals surface area contributed by atoms with Gasteiger partial charge in [-0.05, 0) is 38.5 Å². The van der Waals surface area contributed by atoms with Crippen molar-refractivity contribution in [2.45, 2.75) is 71.7 Å². The lowest BCUT2D eigenvalue weighted by Gasteiger charge is -2.28. The lowest BCUT2D eigenvalue weighted by molar-refractivity contribution is -0.200. The molecule has 0 saturated carbocycles. The van der Waals surface area contributed by atoms with Gasteiger partial charge in [-0.1, -0.05) is 11.6 Å². The van der Waals surface area contributed by atoms with Crippen LogP contribution in [0, 0.1) is 0 Å². The van der Waals surface area contributed by atoms with Gasteiger partial charge in [-0.3, -0.25) is 24.0 Å². The second-order valence-electron chi connectivity index (χ2n) is 9.28. The van der Waals surface area contributed by atoms with E-state index in [0.717, 1.165) is 37.6 Å². The minimum Gasteiger partial charge on any atom is -0.507 e. The van der Waals surface area contributed by atoms with Gasteiger partial charge in [0.05, 0.1) is 17.2 Å². The molecule has 2 N–H and O–H groups in total. The zero-order chi connectivity index (χ0) is 29.0. The maximum absolute atomic E-state index is 13.5. The maximum Gasteiger partial charge on any atom is 0.303 e. The minimum absolute atomic E-state index is 0.0571. The third-order valence-electron chi connectivity index (χ3n) is 5.89. The number of hydrogen-bond acceptors (Lipinski definition) is 12. The second kappa shape index (κ2) is 12.2. The van der Waals surface area contributed by atoms with E-state index in [1.807, 2.05) is 0 Å². The van der Waals surface area contributed by atoms with Crippen molar-refractivity contribution in [3.63, 3.8) is 0 Å². The largest absolute Gasteiger partial charge is 0.507 e. The van der Waals surface area contributed by atoms with Crippen LogP contribution in [0.1, 0.15) is 61.8 Å². The highest BCUT2D eigenvalue weighted by molar-refractivity contribution is 6.27. The van der Waals surface area contributed by atoms with Crippen LogP contribution in [0.5, 0.6) is 11.5 Å². The Balaban J connectivity index is 2.02. The number of carbonyl (C=O) groups is 5. The third kappa shape index (κ3) is 6.89. The Morgan fingerprint density at radius 2 is 1.51 bits per heavy atom. The van der Waals surface area contributed by atoms with Gasteiger partial charge in [0.1, 0.15) is 24.2 Å². The van der Waals surface area contributed by atoms with Gasteiger partial charge in [-0.2, -0.15) is 0 Å². The summed E-state index contributed by atoms with van der Waals surface area (Å²) in [6.45, 7) is 6.68. The number of hydrogen-bond donors (Lipinski definition) is 2. The van der Waals surface area contributed by atoms with Gasteiger partial charge in [0.2, 0.25) is 0 Å². The predicted molar refractivity (Wildman–Crippen MR) is 132 cm³/mol. The highest BCUT2D eigenvalue weighted by atomic mass is 16.7. The van der Waals surface area contributed by atoms with Crippen molar-refractivity contribution in [1.82, 2.24) is 0 Å². The number of aromatic hydroxyl groups is 2. The smallest absolute Gasteiger partial charge is 0.303 e. The summed E-state index contributed by atoms with van der Waals surface area (Å²) in [5.74, 6) is -4.57. The molecule has 1 aliphatic heterocycles. The fraction of sp³-hybridized carbons (Fsp3) is 0.444. The molecule has 1 aromatic rings. The van der Waals surface area contributed by atoms with E-state index in [0.29, 0.717) is 0 Å². The number of phenolic OH excluding ortho intramolecular Hbond substituents is 2. The lowest BCUT2D eigenvalue weighted by Crippen LogP contribution is -2.43. The van der Waals surface area contributed by atoms with Crippen molar-refractivity contribution < 1.29 is 57.9 Å². The molecule has 5 atom stereocenters. The average Bonchev–Trinajstić information content (AvgIpc) is 3.13. The first-order chi connectivity index (χ1) is 18.3. The van der Waals surface area contributed by atoms with E-state index < -0.39 is 71.7 Å².